The van der Waals surface area contributed by atoms with Crippen LogP contribution in [-0.4, -0.2) is 9.97 Å². The Morgan fingerprint density at radius 1 is 0.938 bits per heavy atom. The third-order valence-electron chi connectivity index (χ3n) is 5.14. The number of rotatable bonds is 1. The van der Waals surface area contributed by atoms with E-state index >= 15 is 0 Å². The van der Waals surface area contributed by atoms with Crippen molar-refractivity contribution in [2.45, 2.75) is 43.9 Å². The Bertz CT molecular complexity index is 363. The molecule has 4 aliphatic rings. The zero-order valence-electron chi connectivity index (χ0n) is 9.60. The topological polar surface area (TPSA) is 25.8 Å². The minimum Gasteiger partial charge on any atom is -0.261 e. The van der Waals surface area contributed by atoms with Crippen molar-refractivity contribution in [3.05, 3.63) is 24.3 Å². The monoisotopic (exact) mass is 214 g/mol. The molecule has 0 aromatic carbocycles. The molecule has 1 heterocycles. The summed E-state index contributed by atoms with van der Waals surface area (Å²) in [5, 5.41) is 0. The molecule has 4 fully saturated rings. The van der Waals surface area contributed by atoms with E-state index in [4.69, 9.17) is 0 Å². The highest BCUT2D eigenvalue weighted by Crippen LogP contribution is 2.60. The second-order valence-corrected chi connectivity index (χ2v) is 6.29. The zero-order valence-corrected chi connectivity index (χ0v) is 9.60. The van der Waals surface area contributed by atoms with E-state index in [1.54, 1.807) is 6.20 Å². The largest absolute Gasteiger partial charge is 0.261 e. The Hall–Kier alpha value is -0.920. The van der Waals surface area contributed by atoms with Crippen LogP contribution in [0.4, 0.5) is 0 Å². The lowest BCUT2D eigenvalue weighted by atomic mass is 9.49. The molecule has 1 aromatic heterocycles. The molecule has 0 unspecified atom stereocenters. The molecule has 0 spiro atoms. The maximum absolute atomic E-state index is 4.61. The lowest BCUT2D eigenvalue weighted by Gasteiger charge is -2.56. The van der Waals surface area contributed by atoms with E-state index in [-0.39, 0.29) is 0 Å². The molecule has 2 heteroatoms. The molecule has 2 nitrogen and oxygen atoms in total. The van der Waals surface area contributed by atoms with Gasteiger partial charge in [0.2, 0.25) is 0 Å². The molecule has 4 saturated carbocycles. The summed E-state index contributed by atoms with van der Waals surface area (Å²) in [7, 11) is 0. The Morgan fingerprint density at radius 2 is 1.56 bits per heavy atom. The van der Waals surface area contributed by atoms with Crippen molar-refractivity contribution in [2.75, 3.05) is 0 Å². The third kappa shape index (κ3) is 1.19. The molecule has 0 saturated heterocycles. The number of hydrogen-bond acceptors (Lipinski definition) is 2. The Labute approximate surface area is 96.5 Å². The van der Waals surface area contributed by atoms with Gasteiger partial charge in [-0.2, -0.15) is 0 Å². The molecule has 0 aliphatic heterocycles. The fourth-order valence-corrected chi connectivity index (χ4v) is 5.00. The second kappa shape index (κ2) is 3.06. The first-order valence-corrected chi connectivity index (χ1v) is 6.61. The normalized spacial score (nSPS) is 44.9. The Kier molecular flexibility index (Phi) is 1.75. The quantitative estimate of drug-likeness (QED) is 0.718. The first-order valence-electron chi connectivity index (χ1n) is 6.61. The van der Waals surface area contributed by atoms with Gasteiger partial charge >= 0.3 is 0 Å². The average molecular weight is 214 g/mol. The van der Waals surface area contributed by atoms with Crippen LogP contribution < -0.4 is 0 Å². The van der Waals surface area contributed by atoms with E-state index in [0.717, 1.165) is 17.8 Å². The third-order valence-corrected chi connectivity index (χ3v) is 5.14. The lowest BCUT2D eigenvalue weighted by molar-refractivity contribution is -0.00737. The van der Waals surface area contributed by atoms with Crippen LogP contribution in [0.3, 0.4) is 0 Å². The van der Waals surface area contributed by atoms with Gasteiger partial charge < -0.3 is 0 Å². The summed E-state index contributed by atoms with van der Waals surface area (Å²) in [6.07, 6.45) is 14.3. The number of aromatic nitrogens is 2. The van der Waals surface area contributed by atoms with Gasteiger partial charge in [0.05, 0.1) is 5.69 Å². The molecular weight excluding hydrogens is 196 g/mol. The highest BCUT2D eigenvalue weighted by molar-refractivity contribution is 5.20. The predicted octanol–water partition coefficient (Wildman–Crippen LogP) is 2.94. The summed E-state index contributed by atoms with van der Waals surface area (Å²) >= 11 is 0. The number of hydrogen-bond donors (Lipinski definition) is 0. The summed E-state index contributed by atoms with van der Waals surface area (Å²) < 4.78 is 0. The SMILES string of the molecule is c1cnc(C23CC4CC(CC(C4)C2)C3)cn1. The maximum atomic E-state index is 4.61. The van der Waals surface area contributed by atoms with E-state index in [2.05, 4.69) is 9.97 Å². The van der Waals surface area contributed by atoms with Gasteiger partial charge in [0.15, 0.2) is 0 Å². The van der Waals surface area contributed by atoms with Crippen LogP contribution >= 0.6 is 0 Å². The number of nitrogens with zero attached hydrogens (tertiary/aromatic N) is 2. The van der Waals surface area contributed by atoms with Crippen LogP contribution in [0, 0.1) is 17.8 Å². The van der Waals surface area contributed by atoms with Gasteiger partial charge in [0, 0.05) is 24.0 Å². The summed E-state index contributed by atoms with van der Waals surface area (Å²) in [5.41, 5.74) is 1.71. The maximum Gasteiger partial charge on any atom is 0.0648 e. The fraction of sp³-hybridized carbons (Fsp3) is 0.714. The first kappa shape index (κ1) is 9.15. The van der Waals surface area contributed by atoms with Crippen molar-refractivity contribution in [2.24, 2.45) is 17.8 Å². The molecule has 0 amide bonds. The first-order chi connectivity index (χ1) is 7.84. The molecule has 4 bridgehead atoms. The van der Waals surface area contributed by atoms with Gasteiger partial charge in [-0.15, -0.1) is 0 Å². The van der Waals surface area contributed by atoms with Gasteiger partial charge in [-0.05, 0) is 56.3 Å². The van der Waals surface area contributed by atoms with Gasteiger partial charge in [-0.25, -0.2) is 0 Å². The average Bonchev–Trinajstić information content (AvgIpc) is 2.28. The smallest absolute Gasteiger partial charge is 0.0648 e. The predicted molar refractivity (Wildman–Crippen MR) is 61.9 cm³/mol. The van der Waals surface area contributed by atoms with Crippen LogP contribution in [0.25, 0.3) is 0 Å². The fourth-order valence-electron chi connectivity index (χ4n) is 5.00. The van der Waals surface area contributed by atoms with Crippen molar-refractivity contribution in [1.82, 2.24) is 9.97 Å². The lowest BCUT2D eigenvalue weighted by Crippen LogP contribution is -2.48. The highest BCUT2D eigenvalue weighted by atomic mass is 14.8. The van der Waals surface area contributed by atoms with Gasteiger partial charge in [0.25, 0.3) is 0 Å². The molecule has 1 aromatic rings. The zero-order chi connectivity index (χ0) is 10.6. The van der Waals surface area contributed by atoms with Gasteiger partial charge in [0.1, 0.15) is 0 Å². The summed E-state index contributed by atoms with van der Waals surface area (Å²) in [4.78, 5) is 8.89. The molecule has 16 heavy (non-hydrogen) atoms. The molecule has 0 atom stereocenters. The van der Waals surface area contributed by atoms with Crippen LogP contribution in [-0.2, 0) is 5.41 Å². The summed E-state index contributed by atoms with van der Waals surface area (Å²) in [5.74, 6) is 2.98. The van der Waals surface area contributed by atoms with Crippen LogP contribution in [0.15, 0.2) is 18.6 Å². The van der Waals surface area contributed by atoms with E-state index < -0.39 is 0 Å². The van der Waals surface area contributed by atoms with Gasteiger partial charge in [-0.3, -0.25) is 9.97 Å². The molecule has 0 radical (unpaired) electrons. The van der Waals surface area contributed by atoms with E-state index in [1.807, 2.05) is 12.4 Å². The van der Waals surface area contributed by atoms with E-state index in [1.165, 1.54) is 44.2 Å². The van der Waals surface area contributed by atoms with Crippen molar-refractivity contribution in [3.63, 3.8) is 0 Å². The molecule has 4 aliphatic carbocycles. The summed E-state index contributed by atoms with van der Waals surface area (Å²) in [6, 6.07) is 0. The highest BCUT2D eigenvalue weighted by Gasteiger charge is 2.52. The molecule has 5 rings (SSSR count). The van der Waals surface area contributed by atoms with Crippen LogP contribution in [0.1, 0.15) is 44.2 Å². The summed E-state index contributed by atoms with van der Waals surface area (Å²) in [6.45, 7) is 0. The molecule has 84 valence electrons. The van der Waals surface area contributed by atoms with Gasteiger partial charge in [-0.1, -0.05) is 0 Å². The van der Waals surface area contributed by atoms with E-state index in [9.17, 15) is 0 Å². The second-order valence-electron chi connectivity index (χ2n) is 6.29. The van der Waals surface area contributed by atoms with E-state index in [0.29, 0.717) is 5.41 Å². The van der Waals surface area contributed by atoms with Crippen LogP contribution in [0.2, 0.25) is 0 Å². The van der Waals surface area contributed by atoms with Crippen molar-refractivity contribution in [3.8, 4) is 0 Å². The minimum absolute atomic E-state index is 0.420. The standard InChI is InChI=1S/C14H18N2/c1-2-16-13(9-15-1)14-6-10-3-11(7-14)5-12(4-10)8-14/h1-2,9-12H,3-8H2. The minimum atomic E-state index is 0.420. The van der Waals surface area contributed by atoms with Crippen molar-refractivity contribution < 1.29 is 0 Å². The van der Waals surface area contributed by atoms with Crippen molar-refractivity contribution >= 4 is 0 Å². The van der Waals surface area contributed by atoms with Crippen LogP contribution in [0.5, 0.6) is 0 Å². The molecular formula is C14H18N2. The Morgan fingerprint density at radius 3 is 2.06 bits per heavy atom. The van der Waals surface area contributed by atoms with Crippen molar-refractivity contribution in [1.29, 1.82) is 0 Å². The molecule has 0 N–H and O–H groups in total. The Balaban J connectivity index is 1.77.